The summed E-state index contributed by atoms with van der Waals surface area (Å²) >= 11 is 6.21. The molecule has 2 heterocycles. The second-order valence-corrected chi connectivity index (χ2v) is 5.77. The van der Waals surface area contributed by atoms with E-state index in [2.05, 4.69) is 10.2 Å². The van der Waals surface area contributed by atoms with Gasteiger partial charge in [0.05, 0.1) is 10.9 Å². The van der Waals surface area contributed by atoms with E-state index in [1.54, 1.807) is 10.6 Å². The van der Waals surface area contributed by atoms with Crippen LogP contribution in [0.1, 0.15) is 17.7 Å². The van der Waals surface area contributed by atoms with Gasteiger partial charge in [0.1, 0.15) is 5.52 Å². The van der Waals surface area contributed by atoms with Gasteiger partial charge in [-0.25, -0.2) is 0 Å². The molecule has 1 aromatic carbocycles. The molecule has 0 saturated heterocycles. The van der Waals surface area contributed by atoms with Crippen LogP contribution in [0.3, 0.4) is 0 Å². The number of hydrogen-bond donors (Lipinski definition) is 2. The van der Waals surface area contributed by atoms with E-state index in [9.17, 15) is 4.79 Å². The maximum absolute atomic E-state index is 12.9. The zero-order valence-corrected chi connectivity index (χ0v) is 13.1. The first-order valence-electron chi connectivity index (χ1n) is 7.18. The van der Waals surface area contributed by atoms with Gasteiger partial charge in [-0.1, -0.05) is 11.6 Å². The summed E-state index contributed by atoms with van der Waals surface area (Å²) in [4.78, 5) is 12.9. The van der Waals surface area contributed by atoms with Crippen molar-refractivity contribution in [3.63, 3.8) is 0 Å². The lowest BCUT2D eigenvalue weighted by Gasteiger charge is -2.14. The van der Waals surface area contributed by atoms with Gasteiger partial charge in [-0.2, -0.15) is 5.10 Å². The number of fused-ring (bicyclic) bond motifs is 3. The second-order valence-electron chi connectivity index (χ2n) is 5.34. The predicted octanol–water partition coefficient (Wildman–Crippen LogP) is 2.44. The monoisotopic (exact) mass is 316 g/mol. The number of benzene rings is 1. The summed E-state index contributed by atoms with van der Waals surface area (Å²) < 4.78 is 1.74. The highest BCUT2D eigenvalue weighted by Gasteiger charge is 2.17. The van der Waals surface area contributed by atoms with Gasteiger partial charge in [0.15, 0.2) is 0 Å². The van der Waals surface area contributed by atoms with Crippen LogP contribution in [0.2, 0.25) is 5.02 Å². The fourth-order valence-electron chi connectivity index (χ4n) is 2.90. The first-order valence-corrected chi connectivity index (χ1v) is 7.56. The summed E-state index contributed by atoms with van der Waals surface area (Å²) in [5.74, 6) is 0. The normalized spacial score (nSPS) is 11.6. The number of nitrogens with two attached hydrogens (primary N) is 1. The molecule has 114 valence electrons. The highest BCUT2D eigenvalue weighted by atomic mass is 35.5. The summed E-state index contributed by atoms with van der Waals surface area (Å²) in [6, 6.07) is 3.63. The molecule has 3 rings (SSSR count). The maximum Gasteiger partial charge on any atom is 0.262 e. The third kappa shape index (κ3) is 2.21. The van der Waals surface area contributed by atoms with Crippen LogP contribution in [-0.2, 0) is 13.0 Å². The minimum atomic E-state index is -0.0702. The molecule has 0 amide bonds. The van der Waals surface area contributed by atoms with E-state index in [0.717, 1.165) is 22.2 Å². The molecule has 2 radical (unpaired) electrons. The van der Waals surface area contributed by atoms with Crippen LogP contribution >= 0.6 is 11.6 Å². The molecule has 0 aliphatic rings. The van der Waals surface area contributed by atoms with Crippen molar-refractivity contribution in [2.75, 3.05) is 6.54 Å². The van der Waals surface area contributed by atoms with Gasteiger partial charge in [0, 0.05) is 22.6 Å². The zero-order valence-electron chi connectivity index (χ0n) is 12.3. The Kier molecular flexibility index (Phi) is 3.93. The summed E-state index contributed by atoms with van der Waals surface area (Å²) in [5, 5.41) is 9.18. The van der Waals surface area contributed by atoms with Crippen molar-refractivity contribution in [2.45, 2.75) is 26.3 Å². The molecule has 0 saturated carbocycles. The van der Waals surface area contributed by atoms with Gasteiger partial charge in [-0.3, -0.25) is 9.89 Å². The van der Waals surface area contributed by atoms with E-state index in [1.807, 2.05) is 13.0 Å². The zero-order chi connectivity index (χ0) is 15.9. The van der Waals surface area contributed by atoms with Gasteiger partial charge in [-0.15, -0.1) is 0 Å². The van der Waals surface area contributed by atoms with E-state index in [-0.39, 0.29) is 5.56 Å². The molecule has 0 aliphatic heterocycles. The van der Waals surface area contributed by atoms with Gasteiger partial charge in [0.2, 0.25) is 0 Å². The number of pyridine rings is 1. The number of aromatic nitrogens is 3. The number of halogens is 1. The molecule has 22 heavy (non-hydrogen) atoms. The largest absolute Gasteiger partial charge is 0.330 e. The third-order valence-corrected chi connectivity index (χ3v) is 4.11. The number of H-pyrrole nitrogens is 1. The lowest BCUT2D eigenvalue weighted by molar-refractivity contribution is 0.652. The highest BCUT2D eigenvalue weighted by molar-refractivity contribution is 6.31. The highest BCUT2D eigenvalue weighted by Crippen LogP contribution is 2.29. The number of aryl methyl sites for hydroxylation is 2. The predicted molar refractivity (Wildman–Crippen MR) is 89.3 cm³/mol. The van der Waals surface area contributed by atoms with Gasteiger partial charge >= 0.3 is 0 Å². The van der Waals surface area contributed by atoms with E-state index < -0.39 is 0 Å². The van der Waals surface area contributed by atoms with Crippen molar-refractivity contribution < 1.29 is 0 Å². The second kappa shape index (κ2) is 5.74. The van der Waals surface area contributed by atoms with Gasteiger partial charge in [0.25, 0.3) is 5.56 Å². The van der Waals surface area contributed by atoms with E-state index in [4.69, 9.17) is 24.3 Å². The fourth-order valence-corrected chi connectivity index (χ4v) is 3.14. The summed E-state index contributed by atoms with van der Waals surface area (Å²) in [5.41, 5.74) is 8.55. The lowest BCUT2D eigenvalue weighted by atomic mass is 10.0. The number of aromatic amines is 1. The van der Waals surface area contributed by atoms with Gasteiger partial charge < -0.3 is 10.3 Å². The Morgan fingerprint density at radius 2 is 2.23 bits per heavy atom. The number of hydrogen-bond acceptors (Lipinski definition) is 3. The van der Waals surface area contributed by atoms with Crippen molar-refractivity contribution in [2.24, 2.45) is 5.73 Å². The van der Waals surface area contributed by atoms with Crippen molar-refractivity contribution >= 4 is 33.4 Å². The van der Waals surface area contributed by atoms with Crippen LogP contribution < -0.4 is 11.3 Å². The molecule has 0 aliphatic carbocycles. The summed E-state index contributed by atoms with van der Waals surface area (Å²) in [7, 11) is 0. The molecule has 2 aromatic heterocycles. The van der Waals surface area contributed by atoms with E-state index in [0.29, 0.717) is 41.9 Å². The smallest absolute Gasteiger partial charge is 0.262 e. The molecule has 6 heteroatoms. The van der Waals surface area contributed by atoms with Crippen molar-refractivity contribution in [3.05, 3.63) is 45.7 Å². The molecule has 0 spiro atoms. The minimum Gasteiger partial charge on any atom is -0.330 e. The van der Waals surface area contributed by atoms with Crippen molar-refractivity contribution in [1.82, 2.24) is 14.8 Å². The molecule has 5 nitrogen and oxygen atoms in total. The molecule has 0 bridgehead atoms. The first kappa shape index (κ1) is 15.1. The topological polar surface area (TPSA) is 76.7 Å². The van der Waals surface area contributed by atoms with Crippen LogP contribution in [0.15, 0.2) is 16.9 Å². The Morgan fingerprint density at radius 3 is 2.91 bits per heavy atom. The Labute approximate surface area is 133 Å². The summed E-state index contributed by atoms with van der Waals surface area (Å²) in [6.07, 6.45) is 1.01. The number of rotatable bonds is 4. The minimum absolute atomic E-state index is 0.0702. The van der Waals surface area contributed by atoms with Crippen LogP contribution in [0, 0.1) is 13.8 Å². The molecule has 0 atom stereocenters. The van der Waals surface area contributed by atoms with Crippen LogP contribution in [0.25, 0.3) is 21.8 Å². The summed E-state index contributed by atoms with van der Waals surface area (Å²) in [6.45, 7) is 8.75. The Balaban J connectivity index is 2.53. The molecule has 3 N–H and O–H groups in total. The van der Waals surface area contributed by atoms with E-state index in [1.165, 1.54) is 0 Å². The average molecular weight is 317 g/mol. The van der Waals surface area contributed by atoms with E-state index >= 15 is 0 Å². The maximum atomic E-state index is 12.9. The van der Waals surface area contributed by atoms with Crippen molar-refractivity contribution in [1.29, 1.82) is 0 Å². The Hall–Kier alpha value is -1.85. The average Bonchev–Trinajstić information content (AvgIpc) is 2.89. The SMILES string of the molecule is [CH]Cc1cc(Cl)cc2c3n[nH]c(C)c3c(=O)n(CCCN)c12. The Morgan fingerprint density at radius 1 is 1.45 bits per heavy atom. The molecule has 3 aromatic rings. The van der Waals surface area contributed by atoms with Crippen molar-refractivity contribution in [3.8, 4) is 0 Å². The van der Waals surface area contributed by atoms with Crippen LogP contribution in [0.5, 0.6) is 0 Å². The Bertz CT molecular complexity index is 910. The molecule has 0 unspecified atom stereocenters. The number of nitrogens with one attached hydrogen (secondary N) is 1. The molecular weight excluding hydrogens is 300 g/mol. The van der Waals surface area contributed by atoms with Crippen LogP contribution in [0.4, 0.5) is 0 Å². The quantitative estimate of drug-likeness (QED) is 0.776. The third-order valence-electron chi connectivity index (χ3n) is 3.89. The van der Waals surface area contributed by atoms with Gasteiger partial charge in [-0.05, 0) is 50.9 Å². The number of nitrogens with zero attached hydrogens (tertiary/aromatic N) is 2. The molecular formula is C16H17ClN4O. The first-order chi connectivity index (χ1) is 10.6. The fraction of sp³-hybridized carbons (Fsp3) is 0.312. The molecule has 0 fully saturated rings. The van der Waals surface area contributed by atoms with Crippen LogP contribution in [-0.4, -0.2) is 21.3 Å². The lowest BCUT2D eigenvalue weighted by Crippen LogP contribution is -2.23. The standard InChI is InChI=1S/C16H17ClN4O/c1-3-10-7-11(17)8-12-14-13(9(2)19-20-14)16(22)21(15(10)12)6-4-5-18/h1,7-8H,3-6,18H2,2H3,(H,19,20).